The normalized spacial score (nSPS) is 13.5. The Bertz CT molecular complexity index is 1590. The van der Waals surface area contributed by atoms with Crippen molar-refractivity contribution >= 4 is 28.1 Å². The van der Waals surface area contributed by atoms with Crippen LogP contribution < -0.4 is 11.1 Å². The summed E-state index contributed by atoms with van der Waals surface area (Å²) in [5.41, 5.74) is 13.0. The second kappa shape index (κ2) is 8.23. The highest BCUT2D eigenvalue weighted by molar-refractivity contribution is 5.95. The third-order valence-electron chi connectivity index (χ3n) is 6.93. The molecule has 0 bridgehead atoms. The van der Waals surface area contributed by atoms with Crippen LogP contribution in [0, 0.1) is 13.8 Å². The highest BCUT2D eigenvalue weighted by atomic mass is 16.1. The van der Waals surface area contributed by atoms with Gasteiger partial charge in [0.15, 0.2) is 0 Å². The fourth-order valence-electron chi connectivity index (χ4n) is 4.80. The van der Waals surface area contributed by atoms with Gasteiger partial charge in [-0.1, -0.05) is 6.07 Å². The van der Waals surface area contributed by atoms with Crippen molar-refractivity contribution in [3.8, 4) is 0 Å². The van der Waals surface area contributed by atoms with Crippen LogP contribution >= 0.6 is 0 Å². The topological polar surface area (TPSA) is 103 Å². The van der Waals surface area contributed by atoms with Crippen molar-refractivity contribution in [1.29, 1.82) is 0 Å². The summed E-state index contributed by atoms with van der Waals surface area (Å²) in [4.78, 5) is 21.7. The minimum absolute atomic E-state index is 0.159. The number of amides is 1. The summed E-state index contributed by atoms with van der Waals surface area (Å²) in [7, 11) is 0. The maximum atomic E-state index is 12.9. The summed E-state index contributed by atoms with van der Waals surface area (Å²) >= 11 is 0. The van der Waals surface area contributed by atoms with Crippen molar-refractivity contribution in [3.05, 3.63) is 88.8 Å². The predicted octanol–water partition coefficient (Wildman–Crippen LogP) is 4.13. The molecule has 1 amide bonds. The second-order valence-corrected chi connectivity index (χ2v) is 9.43. The molecule has 1 aromatic carbocycles. The Labute approximate surface area is 202 Å². The number of rotatable bonds is 6. The molecule has 4 heterocycles. The smallest absolute Gasteiger partial charge is 0.254 e. The SMILES string of the molecule is Cc1cc2c(N)nccc2c(C)c1CNC(=O)c1cnn(Cc2cn3cc(C4CC4)ccc3n2)c1. The van der Waals surface area contributed by atoms with E-state index in [1.54, 1.807) is 23.3 Å². The lowest BCUT2D eigenvalue weighted by Gasteiger charge is -2.14. The van der Waals surface area contributed by atoms with Gasteiger partial charge < -0.3 is 15.5 Å². The standard InChI is InChI=1S/C27H27N7O/c1-16-9-23-22(7-8-29-26(23)28)17(2)24(16)11-30-27(35)20-10-31-34(13-20)15-21-14-33-12-19(18-3-4-18)5-6-25(33)32-21/h5-10,12-14,18H,3-4,11,15H2,1-2H3,(H2,28,29)(H,30,35). The zero-order valence-corrected chi connectivity index (χ0v) is 19.8. The van der Waals surface area contributed by atoms with Gasteiger partial charge in [0.2, 0.25) is 0 Å². The molecule has 1 aliphatic rings. The summed E-state index contributed by atoms with van der Waals surface area (Å²) in [6.45, 7) is 5.01. The number of hydrogen-bond donors (Lipinski definition) is 2. The Morgan fingerprint density at radius 2 is 2.00 bits per heavy atom. The molecule has 0 spiro atoms. The summed E-state index contributed by atoms with van der Waals surface area (Å²) < 4.78 is 3.83. The van der Waals surface area contributed by atoms with Crippen molar-refractivity contribution in [2.24, 2.45) is 0 Å². The monoisotopic (exact) mass is 465 g/mol. The van der Waals surface area contributed by atoms with E-state index in [0.29, 0.717) is 30.4 Å². The molecular weight excluding hydrogens is 438 g/mol. The molecule has 8 heteroatoms. The summed E-state index contributed by atoms with van der Waals surface area (Å²) in [6, 6.07) is 8.24. The lowest BCUT2D eigenvalue weighted by molar-refractivity contribution is 0.0950. The zero-order valence-electron chi connectivity index (χ0n) is 19.8. The number of carbonyl (C=O) groups excluding carboxylic acids is 1. The van der Waals surface area contributed by atoms with E-state index < -0.39 is 0 Å². The average Bonchev–Trinajstić information content (AvgIpc) is 3.46. The number of benzene rings is 1. The molecule has 0 radical (unpaired) electrons. The van der Waals surface area contributed by atoms with Crippen molar-refractivity contribution in [3.63, 3.8) is 0 Å². The highest BCUT2D eigenvalue weighted by Gasteiger charge is 2.23. The van der Waals surface area contributed by atoms with Crippen LogP contribution in [0.4, 0.5) is 5.82 Å². The number of aromatic nitrogens is 5. The van der Waals surface area contributed by atoms with Crippen molar-refractivity contribution in [2.75, 3.05) is 5.73 Å². The van der Waals surface area contributed by atoms with E-state index in [2.05, 4.69) is 45.1 Å². The molecule has 1 aliphatic carbocycles. The third-order valence-corrected chi connectivity index (χ3v) is 6.93. The van der Waals surface area contributed by atoms with E-state index >= 15 is 0 Å². The van der Waals surface area contributed by atoms with Crippen molar-refractivity contribution < 1.29 is 4.79 Å². The van der Waals surface area contributed by atoms with Crippen LogP contribution in [0.3, 0.4) is 0 Å². The molecule has 6 rings (SSSR count). The number of nitrogens with two attached hydrogens (primary N) is 1. The van der Waals surface area contributed by atoms with Gasteiger partial charge >= 0.3 is 0 Å². The van der Waals surface area contributed by atoms with Crippen LogP contribution in [0.1, 0.15) is 57.1 Å². The van der Waals surface area contributed by atoms with Gasteiger partial charge in [0.1, 0.15) is 11.5 Å². The number of pyridine rings is 2. The summed E-state index contributed by atoms with van der Waals surface area (Å²) in [6.07, 6.45) is 11.8. The molecule has 4 aromatic heterocycles. The maximum absolute atomic E-state index is 12.9. The lowest BCUT2D eigenvalue weighted by atomic mass is 9.96. The van der Waals surface area contributed by atoms with Crippen molar-refractivity contribution in [1.82, 2.24) is 29.5 Å². The van der Waals surface area contributed by atoms with Gasteiger partial charge in [-0.15, -0.1) is 0 Å². The number of carbonyl (C=O) groups is 1. The minimum Gasteiger partial charge on any atom is -0.383 e. The molecule has 176 valence electrons. The Hall–Kier alpha value is -4.20. The van der Waals surface area contributed by atoms with Gasteiger partial charge in [-0.05, 0) is 78.4 Å². The molecular formula is C27H27N7O. The highest BCUT2D eigenvalue weighted by Crippen LogP contribution is 2.39. The molecule has 0 unspecified atom stereocenters. The molecule has 8 nitrogen and oxygen atoms in total. The Kier molecular flexibility index (Phi) is 5.02. The van der Waals surface area contributed by atoms with Crippen LogP contribution in [-0.2, 0) is 13.1 Å². The molecule has 35 heavy (non-hydrogen) atoms. The third kappa shape index (κ3) is 4.01. The maximum Gasteiger partial charge on any atom is 0.254 e. The van der Waals surface area contributed by atoms with E-state index in [0.717, 1.165) is 38.8 Å². The largest absolute Gasteiger partial charge is 0.383 e. The van der Waals surface area contributed by atoms with E-state index in [1.807, 2.05) is 25.3 Å². The average molecular weight is 466 g/mol. The first-order valence-corrected chi connectivity index (χ1v) is 11.9. The summed E-state index contributed by atoms with van der Waals surface area (Å²) in [5.74, 6) is 1.06. The van der Waals surface area contributed by atoms with Crippen LogP contribution in [0.5, 0.6) is 0 Å². The van der Waals surface area contributed by atoms with Crippen molar-refractivity contribution in [2.45, 2.75) is 45.7 Å². The molecule has 1 fully saturated rings. The molecule has 0 atom stereocenters. The van der Waals surface area contributed by atoms with E-state index in [4.69, 9.17) is 10.7 Å². The first-order valence-electron chi connectivity index (χ1n) is 11.9. The van der Waals surface area contributed by atoms with Crippen LogP contribution in [0.2, 0.25) is 0 Å². The van der Waals surface area contributed by atoms with Crippen LogP contribution in [-0.4, -0.2) is 30.1 Å². The van der Waals surface area contributed by atoms with Gasteiger partial charge in [0.25, 0.3) is 5.91 Å². The molecule has 0 aliphatic heterocycles. The van der Waals surface area contributed by atoms with Gasteiger partial charge in [-0.2, -0.15) is 5.10 Å². The Balaban J connectivity index is 1.15. The number of nitrogen functional groups attached to an aromatic ring is 1. The predicted molar refractivity (Wildman–Crippen MR) is 135 cm³/mol. The van der Waals surface area contributed by atoms with E-state index in [1.165, 1.54) is 18.4 Å². The number of anilines is 1. The zero-order chi connectivity index (χ0) is 24.1. The quantitative estimate of drug-likeness (QED) is 0.392. The van der Waals surface area contributed by atoms with Gasteiger partial charge in [-0.3, -0.25) is 9.48 Å². The number of aryl methyl sites for hydroxylation is 2. The number of imidazole rings is 1. The van der Waals surface area contributed by atoms with Gasteiger partial charge in [-0.25, -0.2) is 9.97 Å². The van der Waals surface area contributed by atoms with Gasteiger partial charge in [0.05, 0.1) is 24.0 Å². The molecule has 0 saturated heterocycles. The Morgan fingerprint density at radius 1 is 1.14 bits per heavy atom. The van der Waals surface area contributed by atoms with Gasteiger partial charge in [0, 0.05) is 36.7 Å². The second-order valence-electron chi connectivity index (χ2n) is 9.43. The number of nitrogens with one attached hydrogen (secondary N) is 1. The number of nitrogens with zero attached hydrogens (tertiary/aromatic N) is 5. The fraction of sp³-hybridized carbons (Fsp3) is 0.259. The van der Waals surface area contributed by atoms with Crippen LogP contribution in [0.25, 0.3) is 16.4 Å². The first kappa shape index (κ1) is 21.3. The Morgan fingerprint density at radius 3 is 2.83 bits per heavy atom. The number of hydrogen-bond acceptors (Lipinski definition) is 5. The van der Waals surface area contributed by atoms with E-state index in [9.17, 15) is 4.79 Å². The molecule has 1 saturated carbocycles. The van der Waals surface area contributed by atoms with E-state index in [-0.39, 0.29) is 5.91 Å². The molecule has 3 N–H and O–H groups in total. The van der Waals surface area contributed by atoms with Crippen LogP contribution in [0.15, 0.2) is 55.2 Å². The minimum atomic E-state index is -0.159. The fourth-order valence-corrected chi connectivity index (χ4v) is 4.80. The molecule has 5 aromatic rings. The first-order chi connectivity index (χ1) is 17.0. The summed E-state index contributed by atoms with van der Waals surface area (Å²) in [5, 5.41) is 9.42. The lowest BCUT2D eigenvalue weighted by Crippen LogP contribution is -2.23. The number of fused-ring (bicyclic) bond motifs is 2.